The number of aromatic amines is 1. The Labute approximate surface area is 151 Å². The Hall–Kier alpha value is -3.13. The van der Waals surface area contributed by atoms with Crippen LogP contribution in [-0.4, -0.2) is 56.8 Å². The highest BCUT2D eigenvalue weighted by molar-refractivity contribution is 5.71. The zero-order valence-electron chi connectivity index (χ0n) is 14.3. The van der Waals surface area contributed by atoms with Gasteiger partial charge in [0, 0.05) is 25.2 Å². The van der Waals surface area contributed by atoms with Crippen molar-refractivity contribution in [1.82, 2.24) is 35.9 Å². The molecule has 0 bridgehead atoms. The Morgan fingerprint density at radius 3 is 3.00 bits per heavy atom. The summed E-state index contributed by atoms with van der Waals surface area (Å²) < 4.78 is 0. The number of tetrazole rings is 1. The first-order valence-electron chi connectivity index (χ1n) is 8.68. The number of H-pyrrole nitrogens is 1. The summed E-state index contributed by atoms with van der Waals surface area (Å²) in [6.45, 7) is 3.98. The lowest BCUT2D eigenvalue weighted by Gasteiger charge is -2.21. The van der Waals surface area contributed by atoms with Crippen molar-refractivity contribution in [2.45, 2.75) is 6.42 Å². The number of rotatable bonds is 4. The second kappa shape index (κ2) is 7.83. The molecule has 8 heteroatoms. The zero-order valence-corrected chi connectivity index (χ0v) is 14.3. The van der Waals surface area contributed by atoms with E-state index in [2.05, 4.69) is 41.9 Å². The van der Waals surface area contributed by atoms with Crippen LogP contribution in [0.15, 0.2) is 36.7 Å². The molecule has 1 aliphatic rings. The van der Waals surface area contributed by atoms with Crippen LogP contribution in [0.25, 0.3) is 23.4 Å². The van der Waals surface area contributed by atoms with E-state index in [1.54, 1.807) is 0 Å². The van der Waals surface area contributed by atoms with E-state index in [0.717, 1.165) is 55.2 Å². The van der Waals surface area contributed by atoms with Crippen LogP contribution in [-0.2, 0) is 0 Å². The summed E-state index contributed by atoms with van der Waals surface area (Å²) in [6.07, 6.45) is 8.57. The Morgan fingerprint density at radius 2 is 2.08 bits per heavy atom. The SMILES string of the molecule is C(=Cc1nnn[nH]1)c1cccc(-c2cncc(N3CCCNCC3)n2)c1. The second-order valence-corrected chi connectivity index (χ2v) is 6.10. The Bertz CT molecular complexity index is 866. The maximum absolute atomic E-state index is 4.83. The first kappa shape index (κ1) is 16.3. The molecule has 0 amide bonds. The van der Waals surface area contributed by atoms with E-state index in [1.165, 1.54) is 0 Å². The van der Waals surface area contributed by atoms with Crippen LogP contribution in [0, 0.1) is 0 Å². The van der Waals surface area contributed by atoms with E-state index in [9.17, 15) is 0 Å². The number of benzene rings is 1. The molecule has 0 atom stereocenters. The molecule has 0 radical (unpaired) electrons. The summed E-state index contributed by atoms with van der Waals surface area (Å²) in [4.78, 5) is 11.5. The Balaban J connectivity index is 1.57. The van der Waals surface area contributed by atoms with Crippen molar-refractivity contribution in [2.24, 2.45) is 0 Å². The van der Waals surface area contributed by atoms with Gasteiger partial charge in [-0.1, -0.05) is 24.3 Å². The van der Waals surface area contributed by atoms with Gasteiger partial charge in [-0.25, -0.2) is 10.1 Å². The molecule has 0 saturated carbocycles. The minimum Gasteiger partial charge on any atom is -0.354 e. The molecule has 1 aliphatic heterocycles. The third kappa shape index (κ3) is 3.92. The van der Waals surface area contributed by atoms with Crippen molar-refractivity contribution in [3.8, 4) is 11.3 Å². The third-order valence-corrected chi connectivity index (χ3v) is 4.26. The van der Waals surface area contributed by atoms with Crippen LogP contribution in [0.1, 0.15) is 17.8 Å². The quantitative estimate of drug-likeness (QED) is 0.740. The summed E-state index contributed by atoms with van der Waals surface area (Å²) in [5, 5.41) is 17.1. The Kier molecular flexibility index (Phi) is 4.92. The molecular formula is C18H20N8. The maximum Gasteiger partial charge on any atom is 0.172 e. The van der Waals surface area contributed by atoms with Gasteiger partial charge < -0.3 is 10.2 Å². The van der Waals surface area contributed by atoms with Gasteiger partial charge in [0.1, 0.15) is 5.82 Å². The first-order chi connectivity index (χ1) is 12.9. The molecular weight excluding hydrogens is 328 g/mol. The van der Waals surface area contributed by atoms with Crippen LogP contribution in [0.2, 0.25) is 0 Å². The highest BCUT2D eigenvalue weighted by atomic mass is 15.5. The lowest BCUT2D eigenvalue weighted by Crippen LogP contribution is -2.28. The topological polar surface area (TPSA) is 95.5 Å². The van der Waals surface area contributed by atoms with Crippen LogP contribution < -0.4 is 10.2 Å². The van der Waals surface area contributed by atoms with Gasteiger partial charge in [-0.05, 0) is 41.1 Å². The predicted molar refractivity (Wildman–Crippen MR) is 100 cm³/mol. The molecule has 1 saturated heterocycles. The van der Waals surface area contributed by atoms with Gasteiger partial charge in [0.05, 0.1) is 18.1 Å². The fourth-order valence-corrected chi connectivity index (χ4v) is 2.94. The van der Waals surface area contributed by atoms with Crippen molar-refractivity contribution in [3.63, 3.8) is 0 Å². The van der Waals surface area contributed by atoms with Gasteiger partial charge >= 0.3 is 0 Å². The fraction of sp³-hybridized carbons (Fsp3) is 0.278. The summed E-state index contributed by atoms with van der Waals surface area (Å²) in [7, 11) is 0. The molecule has 4 rings (SSSR count). The lowest BCUT2D eigenvalue weighted by atomic mass is 10.1. The van der Waals surface area contributed by atoms with Crippen LogP contribution in [0.5, 0.6) is 0 Å². The third-order valence-electron chi connectivity index (χ3n) is 4.26. The molecule has 2 aromatic heterocycles. The van der Waals surface area contributed by atoms with E-state index >= 15 is 0 Å². The minimum atomic E-state index is 0.618. The van der Waals surface area contributed by atoms with Crippen molar-refractivity contribution in [3.05, 3.63) is 48.0 Å². The van der Waals surface area contributed by atoms with E-state index in [0.29, 0.717) is 5.82 Å². The number of aromatic nitrogens is 6. The van der Waals surface area contributed by atoms with Gasteiger partial charge in [0.25, 0.3) is 0 Å². The molecule has 26 heavy (non-hydrogen) atoms. The highest BCUT2D eigenvalue weighted by Crippen LogP contribution is 2.21. The van der Waals surface area contributed by atoms with Gasteiger partial charge in [0.2, 0.25) is 0 Å². The van der Waals surface area contributed by atoms with E-state index in [-0.39, 0.29) is 0 Å². The van der Waals surface area contributed by atoms with E-state index in [4.69, 9.17) is 4.98 Å². The molecule has 132 valence electrons. The van der Waals surface area contributed by atoms with Crippen LogP contribution in [0.4, 0.5) is 5.82 Å². The lowest BCUT2D eigenvalue weighted by molar-refractivity contribution is 0.724. The summed E-state index contributed by atoms with van der Waals surface area (Å²) >= 11 is 0. The smallest absolute Gasteiger partial charge is 0.172 e. The second-order valence-electron chi connectivity index (χ2n) is 6.10. The predicted octanol–water partition coefficient (Wildman–Crippen LogP) is 1.63. The van der Waals surface area contributed by atoms with Crippen molar-refractivity contribution in [2.75, 3.05) is 31.1 Å². The molecule has 1 fully saturated rings. The van der Waals surface area contributed by atoms with Gasteiger partial charge in [-0.3, -0.25) is 4.98 Å². The molecule has 1 aromatic carbocycles. The number of nitrogens with one attached hydrogen (secondary N) is 2. The summed E-state index contributed by atoms with van der Waals surface area (Å²) in [6, 6.07) is 8.17. The monoisotopic (exact) mass is 348 g/mol. The molecule has 0 aliphatic carbocycles. The molecule has 3 heterocycles. The van der Waals surface area contributed by atoms with E-state index < -0.39 is 0 Å². The number of hydrogen-bond acceptors (Lipinski definition) is 7. The van der Waals surface area contributed by atoms with Crippen LogP contribution >= 0.6 is 0 Å². The number of hydrogen-bond donors (Lipinski definition) is 2. The number of nitrogens with zero attached hydrogens (tertiary/aromatic N) is 6. The van der Waals surface area contributed by atoms with Gasteiger partial charge in [-0.2, -0.15) is 0 Å². The zero-order chi connectivity index (χ0) is 17.6. The average molecular weight is 348 g/mol. The van der Waals surface area contributed by atoms with Crippen molar-refractivity contribution < 1.29 is 0 Å². The summed E-state index contributed by atoms with van der Waals surface area (Å²) in [5.74, 6) is 1.55. The van der Waals surface area contributed by atoms with Crippen molar-refractivity contribution >= 4 is 18.0 Å². The molecule has 0 unspecified atom stereocenters. The standard InChI is InChI=1S/C18H20N8/c1-3-14(5-6-17-22-24-25-23-17)11-15(4-1)16-12-20-13-18(21-16)26-9-2-7-19-8-10-26/h1,3-6,11-13,19H,2,7-10H2,(H,22,23,24,25). The summed E-state index contributed by atoms with van der Waals surface area (Å²) in [5.41, 5.74) is 2.95. The normalized spacial score (nSPS) is 15.3. The largest absolute Gasteiger partial charge is 0.354 e. The number of anilines is 1. The van der Waals surface area contributed by atoms with Crippen molar-refractivity contribution in [1.29, 1.82) is 0 Å². The molecule has 8 nitrogen and oxygen atoms in total. The Morgan fingerprint density at radius 1 is 1.08 bits per heavy atom. The maximum atomic E-state index is 4.83. The average Bonchev–Trinajstić information content (AvgIpc) is 3.07. The molecule has 0 spiro atoms. The van der Waals surface area contributed by atoms with Crippen LogP contribution in [0.3, 0.4) is 0 Å². The highest BCUT2D eigenvalue weighted by Gasteiger charge is 2.12. The fourth-order valence-electron chi connectivity index (χ4n) is 2.94. The minimum absolute atomic E-state index is 0.618. The van der Waals surface area contributed by atoms with E-state index in [1.807, 2.05) is 42.7 Å². The molecule has 2 N–H and O–H groups in total. The first-order valence-corrected chi connectivity index (χ1v) is 8.68. The van der Waals surface area contributed by atoms with Gasteiger partial charge in [-0.15, -0.1) is 5.10 Å². The molecule has 3 aromatic rings. The van der Waals surface area contributed by atoms with Gasteiger partial charge in [0.15, 0.2) is 5.82 Å².